The summed E-state index contributed by atoms with van der Waals surface area (Å²) in [7, 11) is 0. The van der Waals surface area contributed by atoms with Crippen molar-refractivity contribution in [3.8, 4) is 0 Å². The molecule has 0 spiro atoms. The zero-order valence-electron chi connectivity index (χ0n) is 15.4. The first-order valence-corrected chi connectivity index (χ1v) is 9.89. The number of halogens is 1. The molecule has 3 aromatic rings. The Hall–Kier alpha value is -2.13. The van der Waals surface area contributed by atoms with Crippen molar-refractivity contribution in [1.29, 1.82) is 0 Å². The van der Waals surface area contributed by atoms with Gasteiger partial charge in [-0.05, 0) is 23.1 Å². The minimum Gasteiger partial charge on any atom is -0.390 e. The fourth-order valence-electron chi connectivity index (χ4n) is 3.39. The molecule has 1 N–H and O–H groups in total. The van der Waals surface area contributed by atoms with Crippen molar-refractivity contribution in [2.75, 3.05) is 5.88 Å². The van der Waals surface area contributed by atoms with Gasteiger partial charge >= 0.3 is 0 Å². The fourth-order valence-corrected chi connectivity index (χ4v) is 3.60. The number of hydrogen-bond acceptors (Lipinski definition) is 2. The van der Waals surface area contributed by atoms with E-state index < -0.39 is 6.10 Å². The van der Waals surface area contributed by atoms with E-state index in [0.717, 1.165) is 19.5 Å². The highest BCUT2D eigenvalue weighted by Crippen LogP contribution is 2.20. The van der Waals surface area contributed by atoms with Crippen LogP contribution in [0.5, 0.6) is 0 Å². The molecule has 3 rings (SSSR count). The first kappa shape index (κ1) is 19.6. The van der Waals surface area contributed by atoms with Gasteiger partial charge in [-0.25, -0.2) is 0 Å². The third-order valence-electron chi connectivity index (χ3n) is 4.82. The maximum Gasteiger partial charge on any atom is 0.0833 e. The molecule has 0 heterocycles. The van der Waals surface area contributed by atoms with Gasteiger partial charge in [0.2, 0.25) is 0 Å². The number of benzene rings is 3. The molecule has 0 saturated heterocycles. The Balaban J connectivity index is 1.88. The predicted octanol–water partition coefficient (Wildman–Crippen LogP) is 4.90. The smallest absolute Gasteiger partial charge is 0.0833 e. The second kappa shape index (κ2) is 10.3. The average Bonchev–Trinajstić information content (AvgIpc) is 2.73. The molecular weight excluding hydrogens is 354 g/mol. The van der Waals surface area contributed by atoms with Gasteiger partial charge in [0.1, 0.15) is 0 Å². The molecule has 140 valence electrons. The summed E-state index contributed by atoms with van der Waals surface area (Å²) in [4.78, 5) is 2.34. The Morgan fingerprint density at radius 2 is 1.07 bits per heavy atom. The molecule has 0 fully saturated rings. The van der Waals surface area contributed by atoms with Crippen LogP contribution >= 0.6 is 11.6 Å². The van der Waals surface area contributed by atoms with Crippen LogP contribution in [0.25, 0.3) is 0 Å². The van der Waals surface area contributed by atoms with E-state index in [-0.39, 0.29) is 11.9 Å². The van der Waals surface area contributed by atoms with E-state index in [1.165, 1.54) is 16.7 Å². The number of hydrogen-bond donors (Lipinski definition) is 1. The summed E-state index contributed by atoms with van der Waals surface area (Å²) < 4.78 is 0. The molecule has 0 aliphatic rings. The number of aliphatic hydroxyl groups excluding tert-OH is 1. The summed E-state index contributed by atoms with van der Waals surface area (Å²) in [5.41, 5.74) is 3.67. The van der Waals surface area contributed by atoms with Gasteiger partial charge in [-0.1, -0.05) is 91.0 Å². The van der Waals surface area contributed by atoms with E-state index in [1.807, 2.05) is 30.3 Å². The quantitative estimate of drug-likeness (QED) is 0.534. The largest absolute Gasteiger partial charge is 0.390 e. The Morgan fingerprint density at radius 1 is 0.667 bits per heavy atom. The van der Waals surface area contributed by atoms with Gasteiger partial charge in [-0.2, -0.15) is 0 Å². The summed E-state index contributed by atoms with van der Waals surface area (Å²) in [6, 6.07) is 31.0. The Morgan fingerprint density at radius 3 is 1.48 bits per heavy atom. The van der Waals surface area contributed by atoms with Crippen LogP contribution < -0.4 is 0 Å². The first-order chi connectivity index (χ1) is 13.3. The van der Waals surface area contributed by atoms with Gasteiger partial charge in [-0.15, -0.1) is 11.6 Å². The topological polar surface area (TPSA) is 23.5 Å². The number of nitrogens with zero attached hydrogens (tertiary/aromatic N) is 1. The van der Waals surface area contributed by atoms with Gasteiger partial charge in [0.25, 0.3) is 0 Å². The highest BCUT2D eigenvalue weighted by atomic mass is 35.5. The molecule has 0 amide bonds. The molecule has 0 aliphatic carbocycles. The standard InChI is InChI=1S/C24H26ClNO/c25-17-24(27)23(16-20-10-4-1-5-11-20)26(18-21-12-6-2-7-13-21)19-22-14-8-3-9-15-22/h1-15,23-24,27H,16-19H2/t23-,24+/m1/s1. The molecule has 3 aromatic carbocycles. The van der Waals surface area contributed by atoms with Crippen LogP contribution in [0.15, 0.2) is 91.0 Å². The average molecular weight is 380 g/mol. The van der Waals surface area contributed by atoms with E-state index in [4.69, 9.17) is 11.6 Å². The van der Waals surface area contributed by atoms with E-state index in [9.17, 15) is 5.11 Å². The fraction of sp³-hybridized carbons (Fsp3) is 0.250. The molecule has 0 unspecified atom stereocenters. The highest BCUT2D eigenvalue weighted by Gasteiger charge is 2.26. The van der Waals surface area contributed by atoms with Crippen molar-refractivity contribution in [3.05, 3.63) is 108 Å². The highest BCUT2D eigenvalue weighted by molar-refractivity contribution is 6.18. The van der Waals surface area contributed by atoms with Crippen LogP contribution in [0.2, 0.25) is 0 Å². The zero-order chi connectivity index (χ0) is 18.9. The lowest BCUT2D eigenvalue weighted by atomic mass is 9.99. The molecular formula is C24H26ClNO. The van der Waals surface area contributed by atoms with Gasteiger partial charge in [-0.3, -0.25) is 4.90 Å². The SMILES string of the molecule is O[C@@H](CCl)[C@@H](Cc1ccccc1)N(Cc1ccccc1)Cc1ccccc1. The van der Waals surface area contributed by atoms with Crippen molar-refractivity contribution in [2.45, 2.75) is 31.7 Å². The molecule has 2 atom stereocenters. The Labute approximate surface area is 167 Å². The predicted molar refractivity (Wildman–Crippen MR) is 113 cm³/mol. The summed E-state index contributed by atoms with van der Waals surface area (Å²) in [5.74, 6) is 0.220. The summed E-state index contributed by atoms with van der Waals surface area (Å²) in [6.45, 7) is 1.53. The molecule has 3 heteroatoms. The van der Waals surface area contributed by atoms with Gasteiger partial charge in [0.15, 0.2) is 0 Å². The molecule has 0 aromatic heterocycles. The van der Waals surface area contributed by atoms with Crippen LogP contribution in [-0.4, -0.2) is 28.0 Å². The minimum atomic E-state index is -0.598. The number of alkyl halides is 1. The van der Waals surface area contributed by atoms with Crippen LogP contribution in [0, 0.1) is 0 Å². The van der Waals surface area contributed by atoms with Gasteiger partial charge in [0.05, 0.1) is 6.10 Å². The summed E-state index contributed by atoms with van der Waals surface area (Å²) in [5, 5.41) is 10.7. The van der Waals surface area contributed by atoms with Crippen LogP contribution in [-0.2, 0) is 19.5 Å². The molecule has 0 aliphatic heterocycles. The lowest BCUT2D eigenvalue weighted by Crippen LogP contribution is -2.45. The Bertz CT molecular complexity index is 738. The molecule has 0 bridgehead atoms. The van der Waals surface area contributed by atoms with Gasteiger partial charge in [0, 0.05) is 25.0 Å². The molecule has 0 saturated carbocycles. The normalized spacial score (nSPS) is 13.4. The number of rotatable bonds is 9. The van der Waals surface area contributed by atoms with E-state index >= 15 is 0 Å². The second-order valence-electron chi connectivity index (χ2n) is 6.85. The van der Waals surface area contributed by atoms with E-state index in [1.54, 1.807) is 0 Å². The van der Waals surface area contributed by atoms with E-state index in [0.29, 0.717) is 0 Å². The minimum absolute atomic E-state index is 0.0645. The summed E-state index contributed by atoms with van der Waals surface area (Å²) in [6.07, 6.45) is 0.160. The Kier molecular flexibility index (Phi) is 7.46. The van der Waals surface area contributed by atoms with Gasteiger partial charge < -0.3 is 5.11 Å². The van der Waals surface area contributed by atoms with Crippen molar-refractivity contribution < 1.29 is 5.11 Å². The molecule has 27 heavy (non-hydrogen) atoms. The molecule has 2 nitrogen and oxygen atoms in total. The maximum absolute atomic E-state index is 10.7. The molecule has 0 radical (unpaired) electrons. The monoisotopic (exact) mass is 379 g/mol. The van der Waals surface area contributed by atoms with Crippen molar-refractivity contribution >= 4 is 11.6 Å². The lowest BCUT2D eigenvalue weighted by Gasteiger charge is -2.35. The van der Waals surface area contributed by atoms with Crippen LogP contribution in [0.1, 0.15) is 16.7 Å². The van der Waals surface area contributed by atoms with Crippen molar-refractivity contribution in [2.24, 2.45) is 0 Å². The third-order valence-corrected chi connectivity index (χ3v) is 5.13. The zero-order valence-corrected chi connectivity index (χ0v) is 16.2. The third kappa shape index (κ3) is 5.93. The van der Waals surface area contributed by atoms with Crippen molar-refractivity contribution in [1.82, 2.24) is 4.90 Å². The first-order valence-electron chi connectivity index (χ1n) is 9.36. The summed E-state index contributed by atoms with van der Waals surface area (Å²) >= 11 is 6.09. The van der Waals surface area contributed by atoms with Crippen LogP contribution in [0.4, 0.5) is 0 Å². The van der Waals surface area contributed by atoms with E-state index in [2.05, 4.69) is 65.6 Å². The van der Waals surface area contributed by atoms with Crippen molar-refractivity contribution in [3.63, 3.8) is 0 Å². The van der Waals surface area contributed by atoms with Crippen LogP contribution in [0.3, 0.4) is 0 Å². The second-order valence-corrected chi connectivity index (χ2v) is 7.16. The lowest BCUT2D eigenvalue weighted by molar-refractivity contribution is 0.0526. The number of aliphatic hydroxyl groups is 1. The maximum atomic E-state index is 10.7.